The third kappa shape index (κ3) is 4.77. The van der Waals surface area contributed by atoms with Crippen molar-refractivity contribution in [2.45, 2.75) is 38.6 Å². The standard InChI is InChI=1S/C21H19F4N5O2/c1-12(31)27-17-3-5-32-11-18-20(17)28-29-30(18)19-9-13(2-4-26-19)6-14-7-15(21(23,24)25)10-16(22)8-14/h2,4,7-10,17H,3,5-6,11H2,1H3,(H,27,31). The van der Waals surface area contributed by atoms with E-state index in [1.165, 1.54) is 17.8 Å². The predicted molar refractivity (Wildman–Crippen MR) is 104 cm³/mol. The van der Waals surface area contributed by atoms with Crippen molar-refractivity contribution in [2.24, 2.45) is 0 Å². The summed E-state index contributed by atoms with van der Waals surface area (Å²) in [6, 6.07) is 5.39. The highest BCUT2D eigenvalue weighted by atomic mass is 19.4. The van der Waals surface area contributed by atoms with Crippen LogP contribution < -0.4 is 5.32 Å². The van der Waals surface area contributed by atoms with Crippen LogP contribution in [0.1, 0.15) is 47.5 Å². The molecule has 1 atom stereocenters. The van der Waals surface area contributed by atoms with Gasteiger partial charge in [-0.05, 0) is 54.3 Å². The fourth-order valence-electron chi connectivity index (χ4n) is 3.63. The molecule has 0 spiro atoms. The van der Waals surface area contributed by atoms with E-state index in [0.29, 0.717) is 41.9 Å². The summed E-state index contributed by atoms with van der Waals surface area (Å²) in [5.74, 6) is -0.770. The van der Waals surface area contributed by atoms with E-state index in [2.05, 4.69) is 20.6 Å². The number of carbonyl (C=O) groups excluding carboxylic acids is 1. The van der Waals surface area contributed by atoms with Crippen molar-refractivity contribution < 1.29 is 27.1 Å². The van der Waals surface area contributed by atoms with Gasteiger partial charge in [-0.1, -0.05) is 5.21 Å². The molecule has 0 bridgehead atoms. The number of ether oxygens (including phenoxy) is 1. The van der Waals surface area contributed by atoms with Crippen LogP contribution in [-0.4, -0.2) is 32.5 Å². The molecule has 0 saturated heterocycles. The summed E-state index contributed by atoms with van der Waals surface area (Å²) in [7, 11) is 0. The van der Waals surface area contributed by atoms with Crippen molar-refractivity contribution >= 4 is 5.91 Å². The average Bonchev–Trinajstić information content (AvgIpc) is 3.03. The van der Waals surface area contributed by atoms with Gasteiger partial charge in [0.15, 0.2) is 5.82 Å². The summed E-state index contributed by atoms with van der Waals surface area (Å²) in [6.07, 6.45) is -2.54. The Bertz CT molecular complexity index is 1150. The molecule has 1 aliphatic rings. The summed E-state index contributed by atoms with van der Waals surface area (Å²) >= 11 is 0. The van der Waals surface area contributed by atoms with Gasteiger partial charge < -0.3 is 10.1 Å². The molecule has 3 heterocycles. The Balaban J connectivity index is 1.64. The fourth-order valence-corrected chi connectivity index (χ4v) is 3.63. The Hall–Kier alpha value is -3.34. The van der Waals surface area contributed by atoms with Crippen LogP contribution >= 0.6 is 0 Å². The second-order valence-corrected chi connectivity index (χ2v) is 7.47. The third-order valence-corrected chi connectivity index (χ3v) is 5.01. The van der Waals surface area contributed by atoms with Crippen molar-refractivity contribution in [1.82, 2.24) is 25.3 Å². The molecule has 7 nitrogen and oxygen atoms in total. The predicted octanol–water partition coefficient (Wildman–Crippen LogP) is 3.51. The molecule has 2 aromatic heterocycles. The first kappa shape index (κ1) is 21.9. The van der Waals surface area contributed by atoms with Crippen LogP contribution in [0.3, 0.4) is 0 Å². The Kier molecular flexibility index (Phi) is 5.92. The molecule has 4 rings (SSSR count). The number of amides is 1. The molecule has 0 fully saturated rings. The van der Waals surface area contributed by atoms with Crippen LogP contribution in [0.4, 0.5) is 17.6 Å². The zero-order chi connectivity index (χ0) is 22.9. The summed E-state index contributed by atoms with van der Waals surface area (Å²) in [5, 5.41) is 11.2. The maximum Gasteiger partial charge on any atom is 0.416 e. The highest BCUT2D eigenvalue weighted by molar-refractivity contribution is 5.73. The summed E-state index contributed by atoms with van der Waals surface area (Å²) in [5.41, 5.74) is 0.956. The number of aromatic nitrogens is 4. The van der Waals surface area contributed by atoms with Crippen molar-refractivity contribution in [1.29, 1.82) is 0 Å². The van der Waals surface area contributed by atoms with Crippen molar-refractivity contribution in [3.8, 4) is 5.82 Å². The van der Waals surface area contributed by atoms with Gasteiger partial charge in [0.2, 0.25) is 5.91 Å². The van der Waals surface area contributed by atoms with E-state index >= 15 is 0 Å². The molecule has 1 unspecified atom stereocenters. The van der Waals surface area contributed by atoms with Gasteiger partial charge in [0, 0.05) is 19.7 Å². The average molecular weight is 449 g/mol. The summed E-state index contributed by atoms with van der Waals surface area (Å²) in [6.45, 7) is 2.05. The SMILES string of the molecule is CC(=O)NC1CCOCc2c1nnn2-c1cc(Cc2cc(F)cc(C(F)(F)F)c2)ccn1. The maximum atomic E-state index is 13.7. The number of nitrogens with zero attached hydrogens (tertiary/aromatic N) is 4. The van der Waals surface area contributed by atoms with Crippen molar-refractivity contribution in [3.63, 3.8) is 0 Å². The Morgan fingerprint density at radius 3 is 2.81 bits per heavy atom. The van der Waals surface area contributed by atoms with Gasteiger partial charge >= 0.3 is 6.18 Å². The Morgan fingerprint density at radius 2 is 2.06 bits per heavy atom. The van der Waals surface area contributed by atoms with E-state index < -0.39 is 17.6 Å². The number of hydrogen-bond donors (Lipinski definition) is 1. The lowest BCUT2D eigenvalue weighted by molar-refractivity contribution is -0.137. The lowest BCUT2D eigenvalue weighted by Crippen LogP contribution is -2.27. The topological polar surface area (TPSA) is 81.9 Å². The lowest BCUT2D eigenvalue weighted by Gasteiger charge is -2.13. The first-order chi connectivity index (χ1) is 15.2. The van der Waals surface area contributed by atoms with Crippen LogP contribution in [-0.2, 0) is 28.7 Å². The van der Waals surface area contributed by atoms with Crippen LogP contribution in [0.2, 0.25) is 0 Å². The number of pyridine rings is 1. The van der Waals surface area contributed by atoms with Crippen LogP contribution in [0.5, 0.6) is 0 Å². The van der Waals surface area contributed by atoms with Crippen molar-refractivity contribution in [2.75, 3.05) is 6.61 Å². The molecule has 168 valence electrons. The number of fused-ring (bicyclic) bond motifs is 1. The number of rotatable bonds is 4. The van der Waals surface area contributed by atoms with E-state index in [0.717, 1.165) is 12.1 Å². The van der Waals surface area contributed by atoms with Gasteiger partial charge in [-0.15, -0.1) is 5.10 Å². The molecular weight excluding hydrogens is 430 g/mol. The monoisotopic (exact) mass is 449 g/mol. The number of nitrogens with one attached hydrogen (secondary N) is 1. The van der Waals surface area contributed by atoms with E-state index in [9.17, 15) is 22.4 Å². The lowest BCUT2D eigenvalue weighted by atomic mass is 10.0. The van der Waals surface area contributed by atoms with E-state index in [4.69, 9.17) is 4.74 Å². The maximum absolute atomic E-state index is 13.7. The van der Waals surface area contributed by atoms with E-state index in [-0.39, 0.29) is 30.5 Å². The zero-order valence-electron chi connectivity index (χ0n) is 17.0. The van der Waals surface area contributed by atoms with Gasteiger partial charge in [0.1, 0.15) is 11.5 Å². The number of halogens is 4. The van der Waals surface area contributed by atoms with Gasteiger partial charge in [0.25, 0.3) is 0 Å². The van der Waals surface area contributed by atoms with Gasteiger partial charge in [-0.25, -0.2) is 9.37 Å². The molecule has 1 aliphatic heterocycles. The van der Waals surface area contributed by atoms with E-state index in [1.54, 1.807) is 12.1 Å². The molecule has 11 heteroatoms. The van der Waals surface area contributed by atoms with Crippen LogP contribution in [0.25, 0.3) is 5.82 Å². The van der Waals surface area contributed by atoms with Gasteiger partial charge in [-0.3, -0.25) is 4.79 Å². The summed E-state index contributed by atoms with van der Waals surface area (Å²) in [4.78, 5) is 15.8. The minimum atomic E-state index is -4.64. The number of alkyl halides is 3. The van der Waals surface area contributed by atoms with Gasteiger partial charge in [-0.2, -0.15) is 17.9 Å². The van der Waals surface area contributed by atoms with Crippen LogP contribution in [0, 0.1) is 5.82 Å². The minimum absolute atomic E-state index is 0.0677. The highest BCUT2D eigenvalue weighted by Gasteiger charge is 2.31. The van der Waals surface area contributed by atoms with Crippen molar-refractivity contribution in [3.05, 3.63) is 70.4 Å². The largest absolute Gasteiger partial charge is 0.416 e. The minimum Gasteiger partial charge on any atom is -0.375 e. The molecule has 1 aromatic carbocycles. The highest BCUT2D eigenvalue weighted by Crippen LogP contribution is 2.31. The first-order valence-electron chi connectivity index (χ1n) is 9.82. The smallest absolute Gasteiger partial charge is 0.375 e. The molecule has 32 heavy (non-hydrogen) atoms. The molecule has 1 amide bonds. The molecular formula is C21H19F4N5O2. The Labute approximate surface area is 180 Å². The first-order valence-corrected chi connectivity index (χ1v) is 9.82. The molecule has 1 N–H and O–H groups in total. The fraction of sp³-hybridized carbons (Fsp3) is 0.333. The molecule has 0 saturated carbocycles. The second-order valence-electron chi connectivity index (χ2n) is 7.47. The molecule has 3 aromatic rings. The number of hydrogen-bond acceptors (Lipinski definition) is 5. The van der Waals surface area contributed by atoms with Gasteiger partial charge in [0.05, 0.1) is 23.9 Å². The normalized spacial score (nSPS) is 16.3. The summed E-state index contributed by atoms with van der Waals surface area (Å²) < 4.78 is 59.8. The quantitative estimate of drug-likeness (QED) is 0.617. The molecule has 0 radical (unpaired) electrons. The second kappa shape index (κ2) is 8.65. The van der Waals surface area contributed by atoms with E-state index in [1.807, 2.05) is 0 Å². The number of benzene rings is 1. The third-order valence-electron chi connectivity index (χ3n) is 5.01. The zero-order valence-corrected chi connectivity index (χ0v) is 17.0. The Morgan fingerprint density at radius 1 is 1.25 bits per heavy atom. The molecule has 0 aliphatic carbocycles. The number of carbonyl (C=O) groups is 1. The van der Waals surface area contributed by atoms with Crippen LogP contribution in [0.15, 0.2) is 36.5 Å².